The normalized spacial score (nSPS) is 10.4. The lowest BCUT2D eigenvalue weighted by Crippen LogP contribution is -2.13. The third kappa shape index (κ3) is 3.29. The van der Waals surface area contributed by atoms with Crippen molar-refractivity contribution in [1.82, 2.24) is 0 Å². The van der Waals surface area contributed by atoms with Crippen molar-refractivity contribution in [2.24, 2.45) is 0 Å². The molecule has 0 aromatic heterocycles. The summed E-state index contributed by atoms with van der Waals surface area (Å²) in [5.74, 6) is -1.64. The topological polar surface area (TPSA) is 29.1 Å². The number of anilines is 1. The van der Waals surface area contributed by atoms with Crippen LogP contribution in [0.2, 0.25) is 10.0 Å². The summed E-state index contributed by atoms with van der Waals surface area (Å²) in [5.41, 5.74) is 0.301. The van der Waals surface area contributed by atoms with Crippen LogP contribution in [0, 0.1) is 11.6 Å². The van der Waals surface area contributed by atoms with Gasteiger partial charge in [-0.1, -0.05) is 23.2 Å². The monoisotopic (exact) mass is 379 g/mol. The van der Waals surface area contributed by atoms with Gasteiger partial charge in [-0.05, 0) is 46.3 Å². The Labute approximate surface area is 131 Å². The van der Waals surface area contributed by atoms with Crippen molar-refractivity contribution >= 4 is 50.7 Å². The van der Waals surface area contributed by atoms with E-state index in [1.807, 2.05) is 0 Å². The van der Waals surface area contributed by atoms with Crippen molar-refractivity contribution in [3.05, 3.63) is 62.0 Å². The van der Waals surface area contributed by atoms with E-state index >= 15 is 0 Å². The average Bonchev–Trinajstić information content (AvgIpc) is 2.36. The lowest BCUT2D eigenvalue weighted by molar-refractivity contribution is 0.102. The first-order chi connectivity index (χ1) is 9.38. The van der Waals surface area contributed by atoms with E-state index in [-0.39, 0.29) is 25.8 Å². The van der Waals surface area contributed by atoms with Crippen molar-refractivity contribution in [2.75, 3.05) is 5.32 Å². The molecule has 2 aromatic carbocycles. The number of hydrogen-bond acceptors (Lipinski definition) is 1. The van der Waals surface area contributed by atoms with Crippen molar-refractivity contribution in [1.29, 1.82) is 0 Å². The number of halogens is 5. The molecule has 0 fully saturated rings. The van der Waals surface area contributed by atoms with E-state index in [0.29, 0.717) is 0 Å². The summed E-state index contributed by atoms with van der Waals surface area (Å²) in [4.78, 5) is 12.0. The summed E-state index contributed by atoms with van der Waals surface area (Å²) in [6, 6.07) is 5.83. The van der Waals surface area contributed by atoms with Gasteiger partial charge in [0, 0.05) is 5.56 Å². The van der Waals surface area contributed by atoms with Gasteiger partial charge >= 0.3 is 0 Å². The van der Waals surface area contributed by atoms with Crippen LogP contribution in [0.5, 0.6) is 0 Å². The van der Waals surface area contributed by atoms with Crippen LogP contribution in [-0.4, -0.2) is 5.91 Å². The maximum Gasteiger partial charge on any atom is 0.255 e. The Kier molecular flexibility index (Phi) is 4.62. The van der Waals surface area contributed by atoms with Crippen molar-refractivity contribution < 1.29 is 13.6 Å². The first kappa shape index (κ1) is 15.2. The summed E-state index contributed by atoms with van der Waals surface area (Å²) in [6.07, 6.45) is 0. The lowest BCUT2D eigenvalue weighted by Gasteiger charge is -2.10. The van der Waals surface area contributed by atoms with Crippen LogP contribution < -0.4 is 5.32 Å². The van der Waals surface area contributed by atoms with Crippen LogP contribution in [-0.2, 0) is 0 Å². The second kappa shape index (κ2) is 6.08. The quantitative estimate of drug-likeness (QED) is 0.753. The zero-order valence-corrected chi connectivity index (χ0v) is 12.8. The van der Waals surface area contributed by atoms with Gasteiger partial charge in [-0.15, -0.1) is 0 Å². The van der Waals surface area contributed by atoms with Crippen LogP contribution in [0.3, 0.4) is 0 Å². The van der Waals surface area contributed by atoms with E-state index in [4.69, 9.17) is 23.2 Å². The Bertz CT molecular complexity index is 671. The number of nitrogens with one attached hydrogen (secondary N) is 1. The van der Waals surface area contributed by atoms with Crippen molar-refractivity contribution in [3.63, 3.8) is 0 Å². The largest absolute Gasteiger partial charge is 0.319 e. The molecule has 0 aliphatic carbocycles. The van der Waals surface area contributed by atoms with Crippen LogP contribution in [0.25, 0.3) is 0 Å². The molecule has 104 valence electrons. The highest BCUT2D eigenvalue weighted by Gasteiger charge is 2.14. The number of hydrogen-bond donors (Lipinski definition) is 1. The highest BCUT2D eigenvalue weighted by molar-refractivity contribution is 9.10. The van der Waals surface area contributed by atoms with E-state index in [1.165, 1.54) is 12.1 Å². The molecular formula is C13H6BrCl2F2NO. The molecule has 20 heavy (non-hydrogen) atoms. The highest BCUT2D eigenvalue weighted by atomic mass is 79.9. The number of rotatable bonds is 2. The predicted molar refractivity (Wildman–Crippen MR) is 78.5 cm³/mol. The standard InChI is InChI=1S/C13H6BrCl2F2NO/c14-8-3-6(1-2-11(8)18)13(20)19-12-9(15)4-7(17)5-10(12)16/h1-5H,(H,19,20). The SMILES string of the molecule is O=C(Nc1c(Cl)cc(F)cc1Cl)c1ccc(F)c(Br)c1. The minimum absolute atomic E-state index is 0.0236. The molecule has 0 unspecified atom stereocenters. The van der Waals surface area contributed by atoms with Gasteiger partial charge in [0.1, 0.15) is 11.6 Å². The molecule has 1 amide bonds. The third-order valence-electron chi connectivity index (χ3n) is 2.43. The molecule has 0 heterocycles. The molecule has 2 nitrogen and oxygen atoms in total. The summed E-state index contributed by atoms with van der Waals surface area (Å²) in [5, 5.41) is 2.41. The fourth-order valence-corrected chi connectivity index (χ4v) is 2.42. The average molecular weight is 381 g/mol. The number of carbonyl (C=O) groups is 1. The van der Waals surface area contributed by atoms with Gasteiger partial charge in [0.2, 0.25) is 0 Å². The lowest BCUT2D eigenvalue weighted by atomic mass is 10.2. The zero-order chi connectivity index (χ0) is 14.9. The Hall–Kier alpha value is -1.17. The third-order valence-corrected chi connectivity index (χ3v) is 3.63. The van der Waals surface area contributed by atoms with Crippen LogP contribution in [0.1, 0.15) is 10.4 Å². The fourth-order valence-electron chi connectivity index (χ4n) is 1.48. The Morgan fingerprint density at radius 3 is 2.25 bits per heavy atom. The fraction of sp³-hybridized carbons (Fsp3) is 0. The van der Waals surface area contributed by atoms with Gasteiger partial charge in [-0.2, -0.15) is 0 Å². The van der Waals surface area contributed by atoms with Gasteiger partial charge in [-0.3, -0.25) is 4.79 Å². The molecule has 0 radical (unpaired) electrons. The summed E-state index contributed by atoms with van der Waals surface area (Å²) in [7, 11) is 0. The van der Waals surface area contributed by atoms with Crippen molar-refractivity contribution in [3.8, 4) is 0 Å². The summed E-state index contributed by atoms with van der Waals surface area (Å²) in [6.45, 7) is 0. The minimum atomic E-state index is -0.609. The van der Waals surface area contributed by atoms with E-state index in [2.05, 4.69) is 21.2 Å². The first-order valence-electron chi connectivity index (χ1n) is 5.29. The van der Waals surface area contributed by atoms with Crippen molar-refractivity contribution in [2.45, 2.75) is 0 Å². The summed E-state index contributed by atoms with van der Waals surface area (Å²) < 4.78 is 26.3. The van der Waals surface area contributed by atoms with Gasteiger partial charge in [0.15, 0.2) is 0 Å². The number of benzene rings is 2. The molecular weight excluding hydrogens is 375 g/mol. The van der Waals surface area contributed by atoms with Crippen LogP contribution >= 0.6 is 39.1 Å². The zero-order valence-electron chi connectivity index (χ0n) is 9.68. The van der Waals surface area contributed by atoms with Gasteiger partial charge in [0.05, 0.1) is 20.2 Å². The molecule has 2 rings (SSSR count). The maximum atomic E-state index is 13.1. The van der Waals surface area contributed by atoms with Crippen LogP contribution in [0.4, 0.5) is 14.5 Å². The number of amides is 1. The van der Waals surface area contributed by atoms with Gasteiger partial charge in [-0.25, -0.2) is 8.78 Å². The van der Waals surface area contributed by atoms with E-state index in [9.17, 15) is 13.6 Å². The molecule has 0 saturated carbocycles. The maximum absolute atomic E-state index is 13.1. The van der Waals surface area contributed by atoms with Crippen LogP contribution in [0.15, 0.2) is 34.8 Å². The molecule has 2 aromatic rings. The Morgan fingerprint density at radius 2 is 1.70 bits per heavy atom. The van der Waals surface area contributed by atoms with Gasteiger partial charge < -0.3 is 5.32 Å². The molecule has 7 heteroatoms. The highest BCUT2D eigenvalue weighted by Crippen LogP contribution is 2.31. The minimum Gasteiger partial charge on any atom is -0.319 e. The Morgan fingerprint density at radius 1 is 1.10 bits per heavy atom. The molecule has 0 spiro atoms. The number of carbonyl (C=O) groups excluding carboxylic acids is 1. The van der Waals surface area contributed by atoms with Gasteiger partial charge in [0.25, 0.3) is 5.91 Å². The molecule has 1 N–H and O–H groups in total. The van der Waals surface area contributed by atoms with E-state index in [1.54, 1.807) is 0 Å². The summed E-state index contributed by atoms with van der Waals surface area (Å²) >= 11 is 14.6. The molecule has 0 saturated heterocycles. The molecule has 0 aliphatic heterocycles. The molecule has 0 bridgehead atoms. The van der Waals surface area contributed by atoms with E-state index < -0.39 is 17.5 Å². The molecule has 0 atom stereocenters. The van der Waals surface area contributed by atoms with E-state index in [0.717, 1.165) is 18.2 Å². The molecule has 0 aliphatic rings. The smallest absolute Gasteiger partial charge is 0.255 e. The first-order valence-corrected chi connectivity index (χ1v) is 6.84. The predicted octanol–water partition coefficient (Wildman–Crippen LogP) is 5.29. The second-order valence-corrected chi connectivity index (χ2v) is 5.50. The second-order valence-electron chi connectivity index (χ2n) is 3.83. The Balaban J connectivity index is 2.30.